The smallest absolute Gasteiger partial charge is 0.303 e. The summed E-state index contributed by atoms with van der Waals surface area (Å²) in [4.78, 5) is 24.0. The molecular formula is C20H35NO4. The lowest BCUT2D eigenvalue weighted by Gasteiger charge is -2.14. The van der Waals surface area contributed by atoms with E-state index in [4.69, 9.17) is 5.11 Å². The molecule has 1 amide bonds. The SMILES string of the molecule is CCCCCC(O)C=CC=CCN(C)C(=O)CCCCCCC(=O)O. The second-order valence-corrected chi connectivity index (χ2v) is 6.46. The Morgan fingerprint density at radius 3 is 2.32 bits per heavy atom. The summed E-state index contributed by atoms with van der Waals surface area (Å²) in [7, 11) is 1.78. The van der Waals surface area contributed by atoms with Gasteiger partial charge in [0.2, 0.25) is 5.91 Å². The second-order valence-electron chi connectivity index (χ2n) is 6.46. The number of aliphatic hydroxyl groups excluding tert-OH is 1. The Balaban J connectivity index is 3.76. The van der Waals surface area contributed by atoms with Crippen LogP contribution in [0.1, 0.15) is 71.1 Å². The van der Waals surface area contributed by atoms with Gasteiger partial charge in [0.05, 0.1) is 6.10 Å². The average Bonchev–Trinajstić information content (AvgIpc) is 2.57. The number of hydrogen-bond acceptors (Lipinski definition) is 3. The molecule has 0 aromatic carbocycles. The molecule has 1 atom stereocenters. The number of aliphatic carboxylic acids is 1. The van der Waals surface area contributed by atoms with E-state index in [0.717, 1.165) is 44.9 Å². The van der Waals surface area contributed by atoms with Crippen molar-refractivity contribution in [3.63, 3.8) is 0 Å². The zero-order chi connectivity index (χ0) is 18.9. The highest BCUT2D eigenvalue weighted by Crippen LogP contribution is 2.07. The highest BCUT2D eigenvalue weighted by Gasteiger charge is 2.06. The normalized spacial score (nSPS) is 12.8. The van der Waals surface area contributed by atoms with E-state index in [1.165, 1.54) is 0 Å². The van der Waals surface area contributed by atoms with Gasteiger partial charge in [-0.25, -0.2) is 0 Å². The molecule has 1 unspecified atom stereocenters. The lowest BCUT2D eigenvalue weighted by molar-refractivity contribution is -0.137. The molecule has 2 N–H and O–H groups in total. The van der Waals surface area contributed by atoms with Gasteiger partial charge in [0.1, 0.15) is 0 Å². The molecule has 0 rings (SSSR count). The molecule has 0 bridgehead atoms. The fraction of sp³-hybridized carbons (Fsp3) is 0.700. The number of rotatable bonds is 15. The van der Waals surface area contributed by atoms with Gasteiger partial charge in [0, 0.05) is 26.4 Å². The Morgan fingerprint density at radius 1 is 1.00 bits per heavy atom. The first-order valence-electron chi connectivity index (χ1n) is 9.44. The van der Waals surface area contributed by atoms with Crippen molar-refractivity contribution in [1.29, 1.82) is 0 Å². The number of amides is 1. The molecule has 0 aliphatic rings. The van der Waals surface area contributed by atoms with E-state index in [-0.39, 0.29) is 12.3 Å². The van der Waals surface area contributed by atoms with Gasteiger partial charge in [-0.05, 0) is 19.3 Å². The van der Waals surface area contributed by atoms with E-state index >= 15 is 0 Å². The van der Waals surface area contributed by atoms with Crippen LogP contribution in [0.2, 0.25) is 0 Å². The summed E-state index contributed by atoms with van der Waals surface area (Å²) in [5.74, 6) is -0.656. The van der Waals surface area contributed by atoms with Crippen LogP contribution in [-0.2, 0) is 9.59 Å². The molecule has 0 aromatic rings. The monoisotopic (exact) mass is 353 g/mol. The zero-order valence-electron chi connectivity index (χ0n) is 15.8. The number of carboxylic acids is 1. The zero-order valence-corrected chi connectivity index (χ0v) is 15.8. The van der Waals surface area contributed by atoms with Crippen molar-refractivity contribution in [2.75, 3.05) is 13.6 Å². The maximum Gasteiger partial charge on any atom is 0.303 e. The molecule has 5 heteroatoms. The van der Waals surface area contributed by atoms with Crippen molar-refractivity contribution >= 4 is 11.9 Å². The van der Waals surface area contributed by atoms with E-state index in [0.29, 0.717) is 19.4 Å². The van der Waals surface area contributed by atoms with Crippen LogP contribution < -0.4 is 0 Å². The van der Waals surface area contributed by atoms with Gasteiger partial charge in [0.15, 0.2) is 0 Å². The molecular weight excluding hydrogens is 318 g/mol. The van der Waals surface area contributed by atoms with Gasteiger partial charge in [-0.1, -0.05) is 63.3 Å². The minimum Gasteiger partial charge on any atom is -0.481 e. The molecule has 0 saturated carbocycles. The number of carboxylic acid groups (broad SMARTS) is 1. The van der Waals surface area contributed by atoms with Gasteiger partial charge in [0.25, 0.3) is 0 Å². The summed E-state index contributed by atoms with van der Waals surface area (Å²) in [6.45, 7) is 2.69. The van der Waals surface area contributed by atoms with Gasteiger partial charge in [-0.15, -0.1) is 0 Å². The van der Waals surface area contributed by atoms with Crippen LogP contribution in [0.3, 0.4) is 0 Å². The van der Waals surface area contributed by atoms with E-state index in [9.17, 15) is 14.7 Å². The third kappa shape index (κ3) is 15.6. The van der Waals surface area contributed by atoms with E-state index in [1.54, 1.807) is 18.0 Å². The third-order valence-corrected chi connectivity index (χ3v) is 4.02. The highest BCUT2D eigenvalue weighted by atomic mass is 16.4. The van der Waals surface area contributed by atoms with Crippen molar-refractivity contribution < 1.29 is 19.8 Å². The Labute approximate surface area is 152 Å². The van der Waals surface area contributed by atoms with Crippen LogP contribution in [0.4, 0.5) is 0 Å². The first-order valence-corrected chi connectivity index (χ1v) is 9.44. The molecule has 0 radical (unpaired) electrons. The molecule has 5 nitrogen and oxygen atoms in total. The van der Waals surface area contributed by atoms with Crippen molar-refractivity contribution in [3.8, 4) is 0 Å². The lowest BCUT2D eigenvalue weighted by Crippen LogP contribution is -2.26. The van der Waals surface area contributed by atoms with Gasteiger partial charge >= 0.3 is 5.97 Å². The molecule has 144 valence electrons. The minimum absolute atomic E-state index is 0.103. The second kappa shape index (κ2) is 15.9. The predicted octanol–water partition coefficient (Wildman–Crippen LogP) is 3.92. The van der Waals surface area contributed by atoms with E-state index in [2.05, 4.69) is 6.92 Å². The summed E-state index contributed by atoms with van der Waals surface area (Å²) in [5, 5.41) is 18.3. The largest absolute Gasteiger partial charge is 0.481 e. The summed E-state index contributed by atoms with van der Waals surface area (Å²) in [6.07, 6.45) is 15.1. The van der Waals surface area contributed by atoms with Gasteiger partial charge in [-0.3, -0.25) is 9.59 Å². The maximum atomic E-state index is 11.9. The molecule has 0 aliphatic heterocycles. The van der Waals surface area contributed by atoms with Crippen LogP contribution in [0.25, 0.3) is 0 Å². The molecule has 0 saturated heterocycles. The summed E-state index contributed by atoms with van der Waals surface area (Å²) in [5.41, 5.74) is 0. The highest BCUT2D eigenvalue weighted by molar-refractivity contribution is 5.75. The molecule has 0 aliphatic carbocycles. The number of carbonyl (C=O) groups excluding carboxylic acids is 1. The number of nitrogens with zero attached hydrogens (tertiary/aromatic N) is 1. The van der Waals surface area contributed by atoms with Crippen LogP contribution in [0.15, 0.2) is 24.3 Å². The molecule has 0 aromatic heterocycles. The Morgan fingerprint density at radius 2 is 1.68 bits per heavy atom. The average molecular weight is 354 g/mol. The minimum atomic E-state index is -0.759. The van der Waals surface area contributed by atoms with Gasteiger partial charge in [-0.2, -0.15) is 0 Å². The number of likely N-dealkylation sites (N-methyl/N-ethyl adjacent to an activating group) is 1. The topological polar surface area (TPSA) is 77.8 Å². The number of hydrogen-bond donors (Lipinski definition) is 2. The maximum absolute atomic E-state index is 11.9. The first-order chi connectivity index (χ1) is 12.0. The summed E-state index contributed by atoms with van der Waals surface area (Å²) < 4.78 is 0. The number of carbonyl (C=O) groups is 2. The molecule has 0 spiro atoms. The van der Waals surface area contributed by atoms with Crippen molar-refractivity contribution in [3.05, 3.63) is 24.3 Å². The van der Waals surface area contributed by atoms with Crippen LogP contribution in [-0.4, -0.2) is 46.7 Å². The van der Waals surface area contributed by atoms with Crippen molar-refractivity contribution in [1.82, 2.24) is 4.90 Å². The van der Waals surface area contributed by atoms with E-state index in [1.807, 2.05) is 18.2 Å². The van der Waals surface area contributed by atoms with Crippen molar-refractivity contribution in [2.45, 2.75) is 77.2 Å². The molecule has 0 fully saturated rings. The Hall–Kier alpha value is -1.62. The molecule has 0 heterocycles. The van der Waals surface area contributed by atoms with Crippen LogP contribution in [0, 0.1) is 0 Å². The molecule has 25 heavy (non-hydrogen) atoms. The summed E-state index contributed by atoms with van der Waals surface area (Å²) in [6, 6.07) is 0. The number of unbranched alkanes of at least 4 members (excludes halogenated alkanes) is 5. The Bertz CT molecular complexity index is 418. The quantitative estimate of drug-likeness (QED) is 0.345. The number of aliphatic hydroxyl groups is 1. The lowest BCUT2D eigenvalue weighted by atomic mass is 10.1. The predicted molar refractivity (Wildman–Crippen MR) is 101 cm³/mol. The van der Waals surface area contributed by atoms with Crippen LogP contribution >= 0.6 is 0 Å². The first kappa shape index (κ1) is 23.4. The van der Waals surface area contributed by atoms with Crippen LogP contribution in [0.5, 0.6) is 0 Å². The fourth-order valence-corrected chi connectivity index (χ4v) is 2.39. The third-order valence-electron chi connectivity index (χ3n) is 4.02. The fourth-order valence-electron chi connectivity index (χ4n) is 2.39. The standard InChI is InChI=1S/C20H35NO4/c1-3-4-8-13-18(22)14-9-7-12-17-21(2)19(23)15-10-5-6-11-16-20(24)25/h7,9,12,14,18,22H,3-6,8,10-11,13,15-17H2,1-2H3,(H,24,25). The summed E-state index contributed by atoms with van der Waals surface area (Å²) >= 11 is 0. The number of allylic oxidation sites excluding steroid dienone is 2. The van der Waals surface area contributed by atoms with Gasteiger partial charge < -0.3 is 15.1 Å². The van der Waals surface area contributed by atoms with E-state index < -0.39 is 12.1 Å². The Kier molecular flexibility index (Phi) is 14.9. The van der Waals surface area contributed by atoms with Crippen molar-refractivity contribution in [2.24, 2.45) is 0 Å².